The van der Waals surface area contributed by atoms with Gasteiger partial charge in [0.2, 0.25) is 11.9 Å². The average Bonchev–Trinajstić information content (AvgIpc) is 3.71. The zero-order valence-corrected chi connectivity index (χ0v) is 20.8. The molecular formula is C29H28N4O4. The molecule has 0 spiro atoms. The van der Waals surface area contributed by atoms with Crippen molar-refractivity contribution in [2.75, 3.05) is 26.1 Å². The highest BCUT2D eigenvalue weighted by Gasteiger charge is 2.34. The Labute approximate surface area is 215 Å². The van der Waals surface area contributed by atoms with Gasteiger partial charge in [-0.25, -0.2) is 4.98 Å². The second kappa shape index (κ2) is 10.6. The lowest BCUT2D eigenvalue weighted by molar-refractivity contribution is -0.117. The van der Waals surface area contributed by atoms with E-state index in [9.17, 15) is 9.59 Å². The van der Waals surface area contributed by atoms with E-state index in [1.807, 2.05) is 65.4 Å². The van der Waals surface area contributed by atoms with Crippen molar-refractivity contribution in [1.82, 2.24) is 14.5 Å². The standard InChI is InChI=1S/C29H28N4O4/c1-36-24-14-8-21(9-15-24)28(35)32(22-10-11-22)19-27(34)31-29-30-26(20-6-4-3-5-7-20)18-33(29)23-12-16-25(37-2)17-13-23/h3-9,12-18,22H,10-11,19H2,1-2H3,(H,30,31,34). The number of imidazole rings is 1. The fourth-order valence-electron chi connectivity index (χ4n) is 4.13. The molecule has 0 aliphatic heterocycles. The topological polar surface area (TPSA) is 85.7 Å². The number of hydrogen-bond acceptors (Lipinski definition) is 5. The van der Waals surface area contributed by atoms with Crippen molar-refractivity contribution in [2.45, 2.75) is 18.9 Å². The molecule has 1 aliphatic carbocycles. The van der Waals surface area contributed by atoms with E-state index < -0.39 is 0 Å². The molecule has 8 heteroatoms. The van der Waals surface area contributed by atoms with Gasteiger partial charge in [-0.1, -0.05) is 30.3 Å². The minimum atomic E-state index is -0.311. The Balaban J connectivity index is 1.39. The van der Waals surface area contributed by atoms with Crippen LogP contribution >= 0.6 is 0 Å². The summed E-state index contributed by atoms with van der Waals surface area (Å²) >= 11 is 0. The van der Waals surface area contributed by atoms with Crippen LogP contribution in [0.2, 0.25) is 0 Å². The first-order valence-electron chi connectivity index (χ1n) is 12.1. The Morgan fingerprint density at radius 2 is 1.54 bits per heavy atom. The molecule has 37 heavy (non-hydrogen) atoms. The van der Waals surface area contributed by atoms with E-state index in [-0.39, 0.29) is 24.4 Å². The van der Waals surface area contributed by atoms with E-state index in [2.05, 4.69) is 5.32 Å². The summed E-state index contributed by atoms with van der Waals surface area (Å²) in [4.78, 5) is 32.8. The minimum Gasteiger partial charge on any atom is -0.497 e. The van der Waals surface area contributed by atoms with Gasteiger partial charge in [0.15, 0.2) is 0 Å². The first kappa shape index (κ1) is 24.1. The van der Waals surface area contributed by atoms with E-state index in [0.29, 0.717) is 17.3 Å². The molecule has 1 aliphatic rings. The maximum absolute atomic E-state index is 13.2. The van der Waals surface area contributed by atoms with Crippen molar-refractivity contribution in [3.8, 4) is 28.4 Å². The molecule has 0 atom stereocenters. The fraction of sp³-hybridized carbons (Fsp3) is 0.207. The molecule has 0 bridgehead atoms. The van der Waals surface area contributed by atoms with E-state index in [4.69, 9.17) is 14.5 Å². The number of anilines is 1. The largest absolute Gasteiger partial charge is 0.497 e. The van der Waals surface area contributed by atoms with Crippen LogP contribution in [0.5, 0.6) is 11.5 Å². The fourth-order valence-corrected chi connectivity index (χ4v) is 4.13. The van der Waals surface area contributed by atoms with Gasteiger partial charge < -0.3 is 14.4 Å². The van der Waals surface area contributed by atoms with Gasteiger partial charge in [0.05, 0.1) is 19.9 Å². The summed E-state index contributed by atoms with van der Waals surface area (Å²) in [6.45, 7) is -0.0638. The number of carbonyl (C=O) groups is 2. The Morgan fingerprint density at radius 1 is 0.919 bits per heavy atom. The van der Waals surface area contributed by atoms with Crippen molar-refractivity contribution in [2.24, 2.45) is 0 Å². The molecule has 3 aromatic carbocycles. The van der Waals surface area contributed by atoms with Crippen LogP contribution in [0.15, 0.2) is 85.1 Å². The van der Waals surface area contributed by atoms with Gasteiger partial charge in [0.25, 0.3) is 5.91 Å². The van der Waals surface area contributed by atoms with Gasteiger partial charge in [-0.2, -0.15) is 0 Å². The molecule has 1 N–H and O–H groups in total. The molecule has 0 radical (unpaired) electrons. The van der Waals surface area contributed by atoms with E-state index >= 15 is 0 Å². The monoisotopic (exact) mass is 496 g/mol. The predicted molar refractivity (Wildman–Crippen MR) is 141 cm³/mol. The molecular weight excluding hydrogens is 468 g/mol. The number of hydrogen-bond donors (Lipinski definition) is 1. The first-order valence-corrected chi connectivity index (χ1v) is 12.1. The lowest BCUT2D eigenvalue weighted by atomic mass is 10.2. The third-order valence-corrected chi connectivity index (χ3v) is 6.28. The summed E-state index contributed by atoms with van der Waals surface area (Å²) in [6.07, 6.45) is 3.65. The molecule has 1 fully saturated rings. The van der Waals surface area contributed by atoms with Gasteiger partial charge in [0.1, 0.15) is 18.0 Å². The zero-order valence-electron chi connectivity index (χ0n) is 20.8. The molecule has 5 rings (SSSR count). The maximum Gasteiger partial charge on any atom is 0.254 e. The molecule has 0 unspecified atom stereocenters. The lowest BCUT2D eigenvalue weighted by Gasteiger charge is -2.22. The van der Waals surface area contributed by atoms with E-state index in [1.165, 1.54) is 0 Å². The normalized spacial score (nSPS) is 12.6. The quantitative estimate of drug-likeness (QED) is 0.360. The van der Waals surface area contributed by atoms with Crippen molar-refractivity contribution in [3.05, 3.63) is 90.6 Å². The van der Waals surface area contributed by atoms with Crippen LogP contribution in [-0.4, -0.2) is 53.1 Å². The minimum absolute atomic E-state index is 0.0570. The number of aromatic nitrogens is 2. The average molecular weight is 497 g/mol. The molecule has 188 valence electrons. The Morgan fingerprint density at radius 3 is 2.14 bits per heavy atom. The van der Waals surface area contributed by atoms with Crippen molar-refractivity contribution in [1.29, 1.82) is 0 Å². The Kier molecular flexibility index (Phi) is 6.89. The zero-order chi connectivity index (χ0) is 25.8. The van der Waals surface area contributed by atoms with Gasteiger partial charge in [-0.3, -0.25) is 19.5 Å². The van der Waals surface area contributed by atoms with Crippen LogP contribution in [0.25, 0.3) is 16.9 Å². The lowest BCUT2D eigenvalue weighted by Crippen LogP contribution is -2.39. The van der Waals surface area contributed by atoms with Crippen LogP contribution in [0, 0.1) is 0 Å². The van der Waals surface area contributed by atoms with Crippen molar-refractivity contribution >= 4 is 17.8 Å². The summed E-state index contributed by atoms with van der Waals surface area (Å²) in [6, 6.07) is 24.2. The van der Waals surface area contributed by atoms with Gasteiger partial charge in [-0.05, 0) is 61.4 Å². The second-order valence-corrected chi connectivity index (χ2v) is 8.82. The van der Waals surface area contributed by atoms with Gasteiger partial charge in [0, 0.05) is 29.1 Å². The summed E-state index contributed by atoms with van der Waals surface area (Å²) in [5.74, 6) is 1.29. The third kappa shape index (κ3) is 5.48. The predicted octanol–water partition coefficient (Wildman–Crippen LogP) is 4.80. The highest BCUT2D eigenvalue weighted by Crippen LogP contribution is 2.29. The molecule has 1 heterocycles. The highest BCUT2D eigenvalue weighted by molar-refractivity contribution is 5.99. The summed E-state index contributed by atoms with van der Waals surface area (Å²) in [5, 5.41) is 2.93. The molecule has 2 amide bonds. The number of benzene rings is 3. The van der Waals surface area contributed by atoms with Gasteiger partial charge in [-0.15, -0.1) is 0 Å². The van der Waals surface area contributed by atoms with E-state index in [1.54, 1.807) is 43.4 Å². The third-order valence-electron chi connectivity index (χ3n) is 6.28. The van der Waals surface area contributed by atoms with Crippen LogP contribution in [-0.2, 0) is 4.79 Å². The number of carbonyl (C=O) groups excluding carboxylic acids is 2. The summed E-state index contributed by atoms with van der Waals surface area (Å²) in [7, 11) is 3.20. The second-order valence-electron chi connectivity index (χ2n) is 8.82. The molecule has 4 aromatic rings. The number of amides is 2. The number of ether oxygens (including phenoxy) is 2. The molecule has 8 nitrogen and oxygen atoms in total. The highest BCUT2D eigenvalue weighted by atomic mass is 16.5. The van der Waals surface area contributed by atoms with Crippen LogP contribution in [0.1, 0.15) is 23.2 Å². The SMILES string of the molecule is COc1ccc(C(=O)N(CC(=O)Nc2nc(-c3ccccc3)cn2-c2ccc(OC)cc2)C2CC2)cc1. The van der Waals surface area contributed by atoms with E-state index in [0.717, 1.165) is 35.5 Å². The van der Waals surface area contributed by atoms with Crippen LogP contribution < -0.4 is 14.8 Å². The first-order chi connectivity index (χ1) is 18.1. The number of rotatable bonds is 9. The van der Waals surface area contributed by atoms with Crippen molar-refractivity contribution in [3.63, 3.8) is 0 Å². The smallest absolute Gasteiger partial charge is 0.254 e. The molecule has 0 saturated heterocycles. The Bertz CT molecular complexity index is 1380. The summed E-state index contributed by atoms with van der Waals surface area (Å²) in [5.41, 5.74) is 2.99. The van der Waals surface area contributed by atoms with Gasteiger partial charge >= 0.3 is 0 Å². The van der Waals surface area contributed by atoms with Crippen LogP contribution in [0.3, 0.4) is 0 Å². The summed E-state index contributed by atoms with van der Waals surface area (Å²) < 4.78 is 12.3. The number of nitrogens with one attached hydrogen (secondary N) is 1. The maximum atomic E-state index is 13.2. The van der Waals surface area contributed by atoms with Crippen LogP contribution in [0.4, 0.5) is 5.95 Å². The molecule has 1 saturated carbocycles. The number of methoxy groups -OCH3 is 2. The number of nitrogens with zero attached hydrogens (tertiary/aromatic N) is 3. The molecule has 1 aromatic heterocycles. The van der Waals surface area contributed by atoms with Crippen molar-refractivity contribution < 1.29 is 19.1 Å². The Hall–Kier alpha value is -4.59.